The third-order valence-electron chi connectivity index (χ3n) is 2.88. The zero-order chi connectivity index (χ0) is 14.2. The number of nitrogens with zero attached hydrogens (tertiary/aromatic N) is 1. The van der Waals surface area contributed by atoms with E-state index in [0.717, 1.165) is 35.1 Å². The van der Waals surface area contributed by atoms with Crippen molar-refractivity contribution in [2.45, 2.75) is 26.5 Å². The third kappa shape index (κ3) is 4.62. The molecule has 0 amide bonds. The Morgan fingerprint density at radius 2 is 2.00 bits per heavy atom. The number of benzene rings is 1. The van der Waals surface area contributed by atoms with Crippen molar-refractivity contribution >= 4 is 15.9 Å². The van der Waals surface area contributed by atoms with E-state index in [1.807, 2.05) is 36.4 Å². The summed E-state index contributed by atoms with van der Waals surface area (Å²) in [7, 11) is 0. The second kappa shape index (κ2) is 8.02. The highest BCUT2D eigenvalue weighted by Gasteiger charge is 2.04. The minimum Gasteiger partial charge on any atom is -0.473 e. The molecule has 0 aliphatic rings. The van der Waals surface area contributed by atoms with Crippen LogP contribution in [-0.4, -0.2) is 11.5 Å². The summed E-state index contributed by atoms with van der Waals surface area (Å²) >= 11 is 3.43. The summed E-state index contributed by atoms with van der Waals surface area (Å²) in [6, 6.07) is 12.1. The lowest BCUT2D eigenvalue weighted by Gasteiger charge is -2.11. The number of hydrogen-bond donors (Lipinski definition) is 1. The SMILES string of the molecule is CCCNCc1cccnc1OCc1ccc(Br)cc1. The Hall–Kier alpha value is -1.39. The maximum atomic E-state index is 5.83. The predicted octanol–water partition coefficient (Wildman–Crippen LogP) is 3.92. The first kappa shape index (κ1) is 15.0. The van der Waals surface area contributed by atoms with Gasteiger partial charge in [0.25, 0.3) is 0 Å². The Morgan fingerprint density at radius 1 is 1.20 bits per heavy atom. The van der Waals surface area contributed by atoms with Crippen LogP contribution in [-0.2, 0) is 13.2 Å². The summed E-state index contributed by atoms with van der Waals surface area (Å²) in [4.78, 5) is 4.32. The smallest absolute Gasteiger partial charge is 0.218 e. The van der Waals surface area contributed by atoms with Crippen molar-refractivity contribution in [3.63, 3.8) is 0 Å². The Balaban J connectivity index is 1.96. The number of ether oxygens (including phenoxy) is 1. The van der Waals surface area contributed by atoms with Crippen LogP contribution in [0.1, 0.15) is 24.5 Å². The largest absolute Gasteiger partial charge is 0.473 e. The number of halogens is 1. The zero-order valence-corrected chi connectivity index (χ0v) is 13.2. The highest BCUT2D eigenvalue weighted by atomic mass is 79.9. The van der Waals surface area contributed by atoms with Crippen LogP contribution in [0.4, 0.5) is 0 Å². The van der Waals surface area contributed by atoms with Gasteiger partial charge in [0.1, 0.15) is 6.61 Å². The average molecular weight is 335 g/mol. The van der Waals surface area contributed by atoms with Gasteiger partial charge in [-0.25, -0.2) is 4.98 Å². The van der Waals surface area contributed by atoms with Crippen LogP contribution < -0.4 is 10.1 Å². The van der Waals surface area contributed by atoms with Gasteiger partial charge in [0.15, 0.2) is 0 Å². The molecule has 20 heavy (non-hydrogen) atoms. The van der Waals surface area contributed by atoms with Gasteiger partial charge in [-0.1, -0.05) is 41.1 Å². The molecule has 0 aliphatic carbocycles. The van der Waals surface area contributed by atoms with Gasteiger partial charge in [0, 0.05) is 22.8 Å². The number of aromatic nitrogens is 1. The molecule has 1 N–H and O–H groups in total. The molecule has 0 saturated heterocycles. The maximum Gasteiger partial charge on any atom is 0.218 e. The summed E-state index contributed by atoms with van der Waals surface area (Å²) in [5.74, 6) is 0.707. The fourth-order valence-corrected chi connectivity index (χ4v) is 2.09. The van der Waals surface area contributed by atoms with Gasteiger partial charge in [-0.15, -0.1) is 0 Å². The molecule has 0 bridgehead atoms. The van der Waals surface area contributed by atoms with E-state index >= 15 is 0 Å². The molecule has 4 heteroatoms. The van der Waals surface area contributed by atoms with E-state index < -0.39 is 0 Å². The van der Waals surface area contributed by atoms with Crippen LogP contribution in [0, 0.1) is 0 Å². The van der Waals surface area contributed by atoms with E-state index in [1.165, 1.54) is 0 Å². The molecule has 2 aromatic rings. The van der Waals surface area contributed by atoms with Crippen LogP contribution in [0.25, 0.3) is 0 Å². The number of pyridine rings is 1. The third-order valence-corrected chi connectivity index (χ3v) is 3.41. The van der Waals surface area contributed by atoms with Crippen LogP contribution in [0.15, 0.2) is 47.1 Å². The predicted molar refractivity (Wildman–Crippen MR) is 84.7 cm³/mol. The van der Waals surface area contributed by atoms with Crippen molar-refractivity contribution in [2.75, 3.05) is 6.54 Å². The Bertz CT molecular complexity index is 528. The molecule has 1 aromatic heterocycles. The van der Waals surface area contributed by atoms with Crippen molar-refractivity contribution in [3.05, 3.63) is 58.2 Å². The summed E-state index contributed by atoms with van der Waals surface area (Å²) in [6.07, 6.45) is 2.88. The molecule has 0 saturated carbocycles. The quantitative estimate of drug-likeness (QED) is 0.779. The van der Waals surface area contributed by atoms with E-state index in [2.05, 4.69) is 33.2 Å². The van der Waals surface area contributed by atoms with Gasteiger partial charge in [-0.3, -0.25) is 0 Å². The van der Waals surface area contributed by atoms with Gasteiger partial charge in [0.2, 0.25) is 5.88 Å². The molecular formula is C16H19BrN2O. The minimum atomic E-state index is 0.533. The molecule has 0 aliphatic heterocycles. The van der Waals surface area contributed by atoms with E-state index in [9.17, 15) is 0 Å². The summed E-state index contributed by atoms with van der Waals surface area (Å²) in [6.45, 7) is 4.48. The highest BCUT2D eigenvalue weighted by Crippen LogP contribution is 2.17. The Labute approximate surface area is 128 Å². The van der Waals surface area contributed by atoms with Gasteiger partial charge in [0.05, 0.1) is 0 Å². The molecule has 0 fully saturated rings. The molecule has 1 heterocycles. The zero-order valence-electron chi connectivity index (χ0n) is 11.6. The van der Waals surface area contributed by atoms with Gasteiger partial charge < -0.3 is 10.1 Å². The lowest BCUT2D eigenvalue weighted by Crippen LogP contribution is -2.15. The first-order chi connectivity index (χ1) is 9.79. The molecule has 0 spiro atoms. The number of hydrogen-bond acceptors (Lipinski definition) is 3. The molecule has 0 atom stereocenters. The maximum absolute atomic E-state index is 5.83. The second-order valence-electron chi connectivity index (χ2n) is 4.56. The minimum absolute atomic E-state index is 0.533. The van der Waals surface area contributed by atoms with Gasteiger partial charge >= 0.3 is 0 Å². The highest BCUT2D eigenvalue weighted by molar-refractivity contribution is 9.10. The van der Waals surface area contributed by atoms with Gasteiger partial charge in [-0.2, -0.15) is 0 Å². The lowest BCUT2D eigenvalue weighted by atomic mass is 10.2. The normalized spacial score (nSPS) is 10.5. The molecule has 0 unspecified atom stereocenters. The van der Waals surface area contributed by atoms with E-state index in [4.69, 9.17) is 4.74 Å². The van der Waals surface area contributed by atoms with Crippen molar-refractivity contribution in [2.24, 2.45) is 0 Å². The molecule has 3 nitrogen and oxygen atoms in total. The van der Waals surface area contributed by atoms with Crippen LogP contribution in [0.2, 0.25) is 0 Å². The van der Waals surface area contributed by atoms with E-state index in [-0.39, 0.29) is 0 Å². The van der Waals surface area contributed by atoms with Crippen LogP contribution in [0.3, 0.4) is 0 Å². The fraction of sp³-hybridized carbons (Fsp3) is 0.312. The average Bonchev–Trinajstić information content (AvgIpc) is 2.48. The number of nitrogens with one attached hydrogen (secondary N) is 1. The Morgan fingerprint density at radius 3 is 2.75 bits per heavy atom. The van der Waals surface area contributed by atoms with Crippen LogP contribution >= 0.6 is 15.9 Å². The summed E-state index contributed by atoms with van der Waals surface area (Å²) in [5, 5.41) is 3.37. The van der Waals surface area contributed by atoms with E-state index in [0.29, 0.717) is 12.5 Å². The van der Waals surface area contributed by atoms with Crippen molar-refractivity contribution < 1.29 is 4.74 Å². The summed E-state index contributed by atoms with van der Waals surface area (Å²) < 4.78 is 6.90. The molecular weight excluding hydrogens is 316 g/mol. The molecule has 106 valence electrons. The molecule has 1 aromatic carbocycles. The standard InChI is InChI=1S/C16H19BrN2O/c1-2-9-18-11-14-4-3-10-19-16(14)20-12-13-5-7-15(17)8-6-13/h3-8,10,18H,2,9,11-12H2,1H3. The monoisotopic (exact) mass is 334 g/mol. The van der Waals surface area contributed by atoms with Gasteiger partial charge in [-0.05, 0) is 36.7 Å². The van der Waals surface area contributed by atoms with Crippen molar-refractivity contribution in [1.29, 1.82) is 0 Å². The van der Waals surface area contributed by atoms with E-state index in [1.54, 1.807) is 6.20 Å². The first-order valence-electron chi connectivity index (χ1n) is 6.81. The second-order valence-corrected chi connectivity index (χ2v) is 5.48. The van der Waals surface area contributed by atoms with Crippen LogP contribution in [0.5, 0.6) is 5.88 Å². The summed E-state index contributed by atoms with van der Waals surface area (Å²) in [5.41, 5.74) is 2.23. The molecule has 0 radical (unpaired) electrons. The number of rotatable bonds is 7. The molecule has 2 rings (SSSR count). The fourth-order valence-electron chi connectivity index (χ4n) is 1.82. The van der Waals surface area contributed by atoms with Crippen molar-refractivity contribution in [1.82, 2.24) is 10.3 Å². The topological polar surface area (TPSA) is 34.2 Å². The Kier molecular flexibility index (Phi) is 6.02. The lowest BCUT2D eigenvalue weighted by molar-refractivity contribution is 0.289. The van der Waals surface area contributed by atoms with Crippen molar-refractivity contribution in [3.8, 4) is 5.88 Å². The first-order valence-corrected chi connectivity index (χ1v) is 7.60.